The van der Waals surface area contributed by atoms with Gasteiger partial charge in [0, 0.05) is 10.6 Å². The topological polar surface area (TPSA) is 52.8 Å². The molecule has 0 N–H and O–H groups in total. The maximum atomic E-state index is 13.3. The van der Waals surface area contributed by atoms with Crippen molar-refractivity contribution in [3.63, 3.8) is 0 Å². The molecule has 0 radical (unpaired) electrons. The average Bonchev–Trinajstić information content (AvgIpc) is 3.28. The summed E-state index contributed by atoms with van der Waals surface area (Å²) in [4.78, 5) is 18.7. The molecule has 5 aromatic rings. The predicted octanol–water partition coefficient (Wildman–Crippen LogP) is 5.31. The summed E-state index contributed by atoms with van der Waals surface area (Å²) in [5, 5.41) is 0.651. The van der Waals surface area contributed by atoms with Crippen LogP contribution in [0.3, 0.4) is 0 Å². The number of rotatable bonds is 5. The summed E-state index contributed by atoms with van der Waals surface area (Å²) in [5.41, 5.74) is 5.56. The molecule has 7 heteroatoms. The number of hydrogen-bond donors (Lipinski definition) is 0. The van der Waals surface area contributed by atoms with Crippen LogP contribution in [0, 0.1) is 13.8 Å². The van der Waals surface area contributed by atoms with Gasteiger partial charge in [0.05, 0.1) is 22.7 Å². The Bertz CT molecular complexity index is 1620. The summed E-state index contributed by atoms with van der Waals surface area (Å²) in [6, 6.07) is 17.2. The van der Waals surface area contributed by atoms with Gasteiger partial charge in [-0.2, -0.15) is 0 Å². The normalized spacial score (nSPS) is 12.1. The predicted molar refractivity (Wildman–Crippen MR) is 134 cm³/mol. The number of imidazole rings is 1. The number of fused-ring (bicyclic) bond motifs is 3. The third kappa shape index (κ3) is 3.96. The zero-order valence-corrected chi connectivity index (χ0v) is 20.0. The lowest BCUT2D eigenvalue weighted by Crippen LogP contribution is -2.22. The highest BCUT2D eigenvalue weighted by Crippen LogP contribution is 2.32. The number of aryl methyl sites for hydroxylation is 2. The first kappa shape index (κ1) is 21.5. The zero-order valence-electron chi connectivity index (χ0n) is 18.4. The molecule has 0 amide bonds. The minimum absolute atomic E-state index is 0.0932. The molecule has 0 fully saturated rings. The van der Waals surface area contributed by atoms with E-state index in [1.165, 1.54) is 11.3 Å². The number of halogens is 1. The van der Waals surface area contributed by atoms with Crippen LogP contribution in [-0.4, -0.2) is 16.5 Å². The first-order valence-corrected chi connectivity index (χ1v) is 11.6. The quantitative estimate of drug-likeness (QED) is 0.345. The number of hydrogen-bond acceptors (Lipinski definition) is 5. The zero-order chi connectivity index (χ0) is 23.1. The second kappa shape index (κ2) is 8.54. The van der Waals surface area contributed by atoms with Gasteiger partial charge < -0.3 is 9.47 Å². The number of para-hydroxylation sites is 1. The number of methoxy groups -OCH3 is 1. The Hall–Kier alpha value is -3.35. The monoisotopic (exact) mass is 476 g/mol. The molecule has 3 aromatic carbocycles. The summed E-state index contributed by atoms with van der Waals surface area (Å²) in [6.45, 7) is 4.41. The average molecular weight is 477 g/mol. The summed E-state index contributed by atoms with van der Waals surface area (Å²) in [5.74, 6) is 1.16. The van der Waals surface area contributed by atoms with Crippen molar-refractivity contribution in [3.05, 3.63) is 96.8 Å². The van der Waals surface area contributed by atoms with Gasteiger partial charge in [0.1, 0.15) is 6.61 Å². The highest BCUT2D eigenvalue weighted by molar-refractivity contribution is 7.15. The summed E-state index contributed by atoms with van der Waals surface area (Å²) in [7, 11) is 1.60. The van der Waals surface area contributed by atoms with E-state index in [1.807, 2.05) is 74.5 Å². The molecule has 0 aliphatic heterocycles. The third-order valence-corrected chi connectivity index (χ3v) is 6.85. The first-order chi connectivity index (χ1) is 15.9. The molecule has 166 valence electrons. The molecule has 0 aliphatic rings. The maximum absolute atomic E-state index is 13.3. The van der Waals surface area contributed by atoms with Crippen molar-refractivity contribution in [2.24, 2.45) is 0 Å². The van der Waals surface area contributed by atoms with Crippen molar-refractivity contribution in [2.45, 2.75) is 20.5 Å². The van der Waals surface area contributed by atoms with E-state index < -0.39 is 0 Å². The van der Waals surface area contributed by atoms with Crippen molar-refractivity contribution in [1.82, 2.24) is 9.38 Å². The SMILES string of the molecule is COc1cccc(/C=c2\sc3nc4cc(C)c(C)cc4n3c2=O)c1OCc1cccc(Cl)c1. The fourth-order valence-electron chi connectivity index (χ4n) is 3.80. The standard InChI is InChI=1S/C26H21ClN2O3S/c1-15-10-20-21(11-16(15)2)29-25(30)23(33-26(29)28-20)13-18-7-5-9-22(31-3)24(18)32-14-17-6-4-8-19(27)12-17/h4-13H,14H2,1-3H3/b23-13-. The molecule has 5 rings (SSSR count). The van der Waals surface area contributed by atoms with E-state index in [-0.39, 0.29) is 5.56 Å². The van der Waals surface area contributed by atoms with Gasteiger partial charge in [-0.15, -0.1) is 0 Å². The molecule has 33 heavy (non-hydrogen) atoms. The number of nitrogens with zero attached hydrogens (tertiary/aromatic N) is 2. The van der Waals surface area contributed by atoms with Gasteiger partial charge in [-0.3, -0.25) is 4.79 Å². The molecule has 2 heterocycles. The minimum atomic E-state index is -0.0932. The van der Waals surface area contributed by atoms with Crippen LogP contribution in [0.15, 0.2) is 59.4 Å². The van der Waals surface area contributed by atoms with Gasteiger partial charge in [0.25, 0.3) is 5.56 Å². The number of aromatic nitrogens is 2. The Labute approximate surface area is 199 Å². The Balaban J connectivity index is 1.61. The number of thiazole rings is 1. The molecule has 0 unspecified atom stereocenters. The van der Waals surface area contributed by atoms with E-state index in [0.717, 1.165) is 33.3 Å². The molecule has 0 bridgehead atoms. The van der Waals surface area contributed by atoms with E-state index >= 15 is 0 Å². The van der Waals surface area contributed by atoms with Crippen LogP contribution < -0.4 is 19.6 Å². The first-order valence-electron chi connectivity index (χ1n) is 10.4. The third-order valence-electron chi connectivity index (χ3n) is 5.64. The second-order valence-electron chi connectivity index (χ2n) is 7.87. The maximum Gasteiger partial charge on any atom is 0.274 e. The van der Waals surface area contributed by atoms with E-state index in [4.69, 9.17) is 21.1 Å². The molecule has 5 nitrogen and oxygen atoms in total. The van der Waals surface area contributed by atoms with Gasteiger partial charge >= 0.3 is 0 Å². The van der Waals surface area contributed by atoms with Gasteiger partial charge in [-0.25, -0.2) is 9.38 Å². The van der Waals surface area contributed by atoms with Crippen molar-refractivity contribution >= 4 is 45.0 Å². The summed E-state index contributed by atoms with van der Waals surface area (Å²) >= 11 is 7.47. The largest absolute Gasteiger partial charge is 0.493 e. The van der Waals surface area contributed by atoms with Crippen LogP contribution in [-0.2, 0) is 6.61 Å². The molecule has 0 saturated carbocycles. The Morgan fingerprint density at radius 1 is 1.09 bits per heavy atom. The fourth-order valence-corrected chi connectivity index (χ4v) is 4.99. The highest BCUT2D eigenvalue weighted by atomic mass is 35.5. The fraction of sp³-hybridized carbons (Fsp3) is 0.154. The van der Waals surface area contributed by atoms with Crippen LogP contribution in [0.5, 0.6) is 11.5 Å². The number of ether oxygens (including phenoxy) is 2. The van der Waals surface area contributed by atoms with E-state index in [0.29, 0.717) is 32.6 Å². The molecular weight excluding hydrogens is 456 g/mol. The van der Waals surface area contributed by atoms with Crippen molar-refractivity contribution in [1.29, 1.82) is 0 Å². The second-order valence-corrected chi connectivity index (χ2v) is 9.31. The molecule has 2 aromatic heterocycles. The van der Waals surface area contributed by atoms with E-state index in [2.05, 4.69) is 4.98 Å². The number of benzene rings is 3. The molecule has 0 atom stereocenters. The van der Waals surface area contributed by atoms with Crippen LogP contribution in [0.25, 0.3) is 22.1 Å². The Morgan fingerprint density at radius 3 is 2.67 bits per heavy atom. The van der Waals surface area contributed by atoms with E-state index in [1.54, 1.807) is 11.5 Å². The summed E-state index contributed by atoms with van der Waals surface area (Å²) in [6.07, 6.45) is 1.84. The van der Waals surface area contributed by atoms with Gasteiger partial charge in [-0.1, -0.05) is 47.2 Å². The van der Waals surface area contributed by atoms with Gasteiger partial charge in [0.15, 0.2) is 16.5 Å². The molecular formula is C26H21ClN2O3S. The Morgan fingerprint density at radius 2 is 1.88 bits per heavy atom. The smallest absolute Gasteiger partial charge is 0.274 e. The molecule has 0 aliphatic carbocycles. The summed E-state index contributed by atoms with van der Waals surface area (Å²) < 4.78 is 13.9. The van der Waals surface area contributed by atoms with E-state index in [9.17, 15) is 4.79 Å². The van der Waals surface area contributed by atoms with Crippen molar-refractivity contribution < 1.29 is 9.47 Å². The lowest BCUT2D eigenvalue weighted by molar-refractivity contribution is 0.284. The Kier molecular flexibility index (Phi) is 5.56. The lowest BCUT2D eigenvalue weighted by atomic mass is 10.1. The van der Waals surface area contributed by atoms with Crippen molar-refractivity contribution in [3.8, 4) is 11.5 Å². The van der Waals surface area contributed by atoms with Crippen molar-refractivity contribution in [2.75, 3.05) is 7.11 Å². The molecule has 0 saturated heterocycles. The minimum Gasteiger partial charge on any atom is -0.493 e. The van der Waals surface area contributed by atoms with Gasteiger partial charge in [0.2, 0.25) is 0 Å². The lowest BCUT2D eigenvalue weighted by Gasteiger charge is -2.13. The van der Waals surface area contributed by atoms with Gasteiger partial charge in [-0.05, 0) is 66.9 Å². The van der Waals surface area contributed by atoms with Crippen LogP contribution in [0.1, 0.15) is 22.3 Å². The van der Waals surface area contributed by atoms with Crippen LogP contribution in [0.2, 0.25) is 5.02 Å². The molecule has 0 spiro atoms. The van der Waals surface area contributed by atoms with Crippen LogP contribution >= 0.6 is 22.9 Å². The van der Waals surface area contributed by atoms with Crippen LogP contribution in [0.4, 0.5) is 0 Å². The highest BCUT2D eigenvalue weighted by Gasteiger charge is 2.14.